The van der Waals surface area contributed by atoms with Gasteiger partial charge in [-0.1, -0.05) is 12.8 Å². The van der Waals surface area contributed by atoms with E-state index in [1.54, 1.807) is 0 Å². The minimum atomic E-state index is -1.59. The van der Waals surface area contributed by atoms with Crippen molar-refractivity contribution in [2.45, 2.75) is 58.2 Å². The maximum absolute atomic E-state index is 12.2. The highest BCUT2D eigenvalue weighted by molar-refractivity contribution is 6.71. The molecule has 1 fully saturated rings. The third kappa shape index (κ3) is 6.18. The van der Waals surface area contributed by atoms with Crippen molar-refractivity contribution < 1.29 is 19.1 Å². The molecule has 0 aromatic rings. The van der Waals surface area contributed by atoms with E-state index in [0.29, 0.717) is 19.4 Å². The highest BCUT2D eigenvalue weighted by atomic mass is 28.4. The van der Waals surface area contributed by atoms with Gasteiger partial charge in [-0.05, 0) is 45.3 Å². The second kappa shape index (κ2) is 8.53. The van der Waals surface area contributed by atoms with Gasteiger partial charge < -0.3 is 14.8 Å². The Hall–Kier alpha value is -0.883. The van der Waals surface area contributed by atoms with Gasteiger partial charge in [-0.25, -0.2) is 0 Å². The molecule has 1 rings (SSSR count). The van der Waals surface area contributed by atoms with Crippen LogP contribution < -0.4 is 5.32 Å². The van der Waals surface area contributed by atoms with Crippen molar-refractivity contribution in [1.29, 1.82) is 0 Å². The minimum Gasteiger partial charge on any atom is -0.481 e. The van der Waals surface area contributed by atoms with Gasteiger partial charge in [0.25, 0.3) is 0 Å². The molecule has 122 valence electrons. The van der Waals surface area contributed by atoms with Gasteiger partial charge >= 0.3 is 5.97 Å². The van der Waals surface area contributed by atoms with E-state index in [4.69, 9.17) is 4.43 Å². The van der Waals surface area contributed by atoms with Crippen molar-refractivity contribution in [3.8, 4) is 0 Å². The molecule has 0 aliphatic heterocycles. The Morgan fingerprint density at radius 3 is 2.43 bits per heavy atom. The van der Waals surface area contributed by atoms with E-state index >= 15 is 0 Å². The molecule has 21 heavy (non-hydrogen) atoms. The van der Waals surface area contributed by atoms with Crippen molar-refractivity contribution in [2.75, 3.05) is 13.2 Å². The summed E-state index contributed by atoms with van der Waals surface area (Å²) in [7, 11) is -1.59. The van der Waals surface area contributed by atoms with Crippen LogP contribution in [0.25, 0.3) is 0 Å². The normalized spacial score (nSPS) is 22.8. The van der Waals surface area contributed by atoms with E-state index in [-0.39, 0.29) is 11.8 Å². The summed E-state index contributed by atoms with van der Waals surface area (Å²) in [4.78, 5) is 23.4. The Kier molecular flexibility index (Phi) is 7.38. The Bertz CT molecular complexity index is 360. The number of nitrogens with one attached hydrogen (secondary N) is 1. The third-order valence-electron chi connectivity index (χ3n) is 4.21. The van der Waals surface area contributed by atoms with Crippen LogP contribution in [-0.2, 0) is 14.0 Å². The molecule has 1 amide bonds. The molecular weight excluding hydrogens is 286 g/mol. The monoisotopic (exact) mass is 315 g/mol. The molecule has 1 saturated carbocycles. The fourth-order valence-electron chi connectivity index (χ4n) is 3.06. The number of hydrogen-bond donors (Lipinski definition) is 2. The van der Waals surface area contributed by atoms with Gasteiger partial charge in [0.1, 0.15) is 0 Å². The van der Waals surface area contributed by atoms with Crippen molar-refractivity contribution in [1.82, 2.24) is 5.32 Å². The lowest BCUT2D eigenvalue weighted by molar-refractivity contribution is -0.148. The van der Waals surface area contributed by atoms with Crippen LogP contribution in [0.5, 0.6) is 0 Å². The van der Waals surface area contributed by atoms with Crippen molar-refractivity contribution in [3.05, 3.63) is 0 Å². The largest absolute Gasteiger partial charge is 0.481 e. The van der Waals surface area contributed by atoms with E-state index in [1.807, 2.05) is 6.92 Å². The molecule has 1 aliphatic carbocycles. The van der Waals surface area contributed by atoms with Crippen LogP contribution in [0.15, 0.2) is 0 Å². The Morgan fingerprint density at radius 2 is 1.86 bits per heavy atom. The zero-order valence-corrected chi connectivity index (χ0v) is 14.5. The molecule has 0 saturated heterocycles. The first-order chi connectivity index (χ1) is 9.87. The van der Waals surface area contributed by atoms with Gasteiger partial charge in [-0.2, -0.15) is 0 Å². The SMILES string of the molecule is CCO[Si](C)(C)CCCNC(=O)C1CCCCC1C(=O)O. The Balaban J connectivity index is 2.34. The van der Waals surface area contributed by atoms with Crippen LogP contribution in [0.3, 0.4) is 0 Å². The van der Waals surface area contributed by atoms with Gasteiger partial charge in [0.2, 0.25) is 5.91 Å². The third-order valence-corrected chi connectivity index (χ3v) is 6.84. The summed E-state index contributed by atoms with van der Waals surface area (Å²) in [5, 5.41) is 12.1. The van der Waals surface area contributed by atoms with Gasteiger partial charge in [-0.15, -0.1) is 0 Å². The molecule has 0 radical (unpaired) electrons. The second-order valence-electron chi connectivity index (χ2n) is 6.42. The summed E-state index contributed by atoms with van der Waals surface area (Å²) in [5.74, 6) is -1.78. The van der Waals surface area contributed by atoms with Gasteiger partial charge in [-0.3, -0.25) is 9.59 Å². The standard InChI is InChI=1S/C15H29NO4Si/c1-4-20-21(2,3)11-7-10-16-14(17)12-8-5-6-9-13(12)15(18)19/h12-13H,4-11H2,1-3H3,(H,16,17)(H,18,19). The number of carboxylic acids is 1. The lowest BCUT2D eigenvalue weighted by atomic mass is 9.79. The Labute approximate surface area is 128 Å². The molecule has 2 atom stereocenters. The maximum Gasteiger partial charge on any atom is 0.307 e. The summed E-state index contributed by atoms with van der Waals surface area (Å²) < 4.78 is 5.75. The fraction of sp³-hybridized carbons (Fsp3) is 0.867. The predicted octanol–water partition coefficient (Wildman–Crippen LogP) is 2.63. The van der Waals surface area contributed by atoms with E-state index < -0.39 is 20.2 Å². The smallest absolute Gasteiger partial charge is 0.307 e. The maximum atomic E-state index is 12.2. The molecule has 0 heterocycles. The Morgan fingerprint density at radius 1 is 1.24 bits per heavy atom. The van der Waals surface area contributed by atoms with Crippen molar-refractivity contribution >= 4 is 20.2 Å². The summed E-state index contributed by atoms with van der Waals surface area (Å²) in [6, 6.07) is 1.01. The lowest BCUT2D eigenvalue weighted by Gasteiger charge is -2.27. The van der Waals surface area contributed by atoms with E-state index in [2.05, 4.69) is 18.4 Å². The van der Waals surface area contributed by atoms with E-state index in [1.165, 1.54) is 0 Å². The second-order valence-corrected chi connectivity index (χ2v) is 10.7. The van der Waals surface area contributed by atoms with Gasteiger partial charge in [0.15, 0.2) is 8.32 Å². The molecule has 0 spiro atoms. The molecule has 6 heteroatoms. The van der Waals surface area contributed by atoms with Crippen LogP contribution in [0.2, 0.25) is 19.1 Å². The zero-order chi connectivity index (χ0) is 15.9. The molecule has 1 aliphatic rings. The topological polar surface area (TPSA) is 75.6 Å². The fourth-order valence-corrected chi connectivity index (χ4v) is 5.01. The molecule has 0 aromatic heterocycles. The summed E-state index contributed by atoms with van der Waals surface area (Å²) in [6.45, 7) is 7.73. The average Bonchev–Trinajstić information content (AvgIpc) is 2.43. The number of hydrogen-bond acceptors (Lipinski definition) is 3. The highest BCUT2D eigenvalue weighted by Gasteiger charge is 2.35. The summed E-state index contributed by atoms with van der Waals surface area (Å²) in [5.41, 5.74) is 0. The van der Waals surface area contributed by atoms with E-state index in [9.17, 15) is 14.7 Å². The number of aliphatic carboxylic acids is 1. The molecule has 0 aromatic carbocycles. The average molecular weight is 315 g/mol. The molecule has 0 bridgehead atoms. The predicted molar refractivity (Wildman–Crippen MR) is 84.6 cm³/mol. The first-order valence-electron chi connectivity index (χ1n) is 8.02. The van der Waals surface area contributed by atoms with Crippen molar-refractivity contribution in [2.24, 2.45) is 11.8 Å². The molecular formula is C15H29NO4Si. The first-order valence-corrected chi connectivity index (χ1v) is 11.1. The van der Waals surface area contributed by atoms with Crippen LogP contribution in [0.1, 0.15) is 39.0 Å². The molecule has 5 nitrogen and oxygen atoms in total. The number of carbonyl (C=O) groups excluding carboxylic acids is 1. The highest BCUT2D eigenvalue weighted by Crippen LogP contribution is 2.30. The summed E-state index contributed by atoms with van der Waals surface area (Å²) in [6.07, 6.45) is 4.08. The number of amides is 1. The van der Waals surface area contributed by atoms with Crippen LogP contribution in [0, 0.1) is 11.8 Å². The number of carbonyl (C=O) groups is 2. The first kappa shape index (κ1) is 18.2. The molecule has 2 unspecified atom stereocenters. The van der Waals surface area contributed by atoms with E-state index in [0.717, 1.165) is 31.9 Å². The van der Waals surface area contributed by atoms with Gasteiger partial charge in [0.05, 0.1) is 11.8 Å². The lowest BCUT2D eigenvalue weighted by Crippen LogP contribution is -2.40. The quantitative estimate of drug-likeness (QED) is 0.533. The zero-order valence-electron chi connectivity index (χ0n) is 13.5. The van der Waals surface area contributed by atoms with Crippen LogP contribution >= 0.6 is 0 Å². The minimum absolute atomic E-state index is 0.0852. The molecule has 2 N–H and O–H groups in total. The summed E-state index contributed by atoms with van der Waals surface area (Å²) >= 11 is 0. The van der Waals surface area contributed by atoms with Crippen LogP contribution in [-0.4, -0.2) is 38.5 Å². The van der Waals surface area contributed by atoms with Gasteiger partial charge in [0, 0.05) is 13.2 Å². The number of carboxylic acid groups (broad SMARTS) is 1. The number of rotatable bonds is 8. The van der Waals surface area contributed by atoms with Crippen LogP contribution in [0.4, 0.5) is 0 Å². The van der Waals surface area contributed by atoms with Crippen molar-refractivity contribution in [3.63, 3.8) is 0 Å².